The molecule has 0 heterocycles. The first-order valence-electron chi connectivity index (χ1n) is 4.99. The largest absolute Gasteiger partial charge is 0.481 e. The average molecular weight is 190 g/mol. The topological polar surface area (TPSA) is 73.8 Å². The van der Waals surface area contributed by atoms with Crippen molar-refractivity contribution in [1.29, 1.82) is 0 Å². The molecule has 0 unspecified atom stereocenters. The lowest BCUT2D eigenvalue weighted by Gasteiger charge is -1.98. The van der Waals surface area contributed by atoms with Crippen molar-refractivity contribution < 1.29 is 9.90 Å². The van der Waals surface area contributed by atoms with Crippen LogP contribution < -0.4 is 6.15 Å². The van der Waals surface area contributed by atoms with Crippen LogP contribution in [0.15, 0.2) is 0 Å². The first kappa shape index (κ1) is 14.9. The van der Waals surface area contributed by atoms with Crippen LogP contribution in [-0.4, -0.2) is 11.1 Å². The summed E-state index contributed by atoms with van der Waals surface area (Å²) in [7, 11) is 0. The molecule has 0 aliphatic carbocycles. The van der Waals surface area contributed by atoms with Crippen LogP contribution in [-0.2, 0) is 4.79 Å². The molecule has 0 aromatic rings. The van der Waals surface area contributed by atoms with E-state index in [0.29, 0.717) is 6.42 Å². The van der Waals surface area contributed by atoms with Gasteiger partial charge in [-0.3, -0.25) is 4.79 Å². The van der Waals surface area contributed by atoms with Crippen LogP contribution in [0, 0.1) is 0 Å². The van der Waals surface area contributed by atoms with Crippen LogP contribution in [0.3, 0.4) is 0 Å². The van der Waals surface area contributed by atoms with Crippen LogP contribution in [0.5, 0.6) is 0 Å². The number of carboxylic acids is 1. The van der Waals surface area contributed by atoms with Gasteiger partial charge in [0.1, 0.15) is 0 Å². The molecule has 0 saturated carbocycles. The molecule has 0 fully saturated rings. The molecule has 0 aromatic carbocycles. The van der Waals surface area contributed by atoms with Gasteiger partial charge in [0.2, 0.25) is 0 Å². The van der Waals surface area contributed by atoms with Crippen LogP contribution in [0.25, 0.3) is 0 Å². The monoisotopic (exact) mass is 190 g/mol. The second kappa shape index (κ2) is 11.4. The molecule has 3 heteroatoms. The number of hydrogen-bond donors (Lipinski definition) is 2. The van der Waals surface area contributed by atoms with Crippen molar-refractivity contribution in [3.8, 4) is 0 Å². The Labute approximate surface area is 81.1 Å². The number of carboxylic acid groups (broad SMARTS) is 1. The van der Waals surface area contributed by atoms with E-state index in [1.165, 1.54) is 32.1 Å². The molecule has 0 radical (unpaired) electrons. The van der Waals surface area contributed by atoms with E-state index in [2.05, 4.69) is 6.92 Å². The van der Waals surface area contributed by atoms with Gasteiger partial charge in [-0.1, -0.05) is 45.4 Å². The highest BCUT2D eigenvalue weighted by molar-refractivity contribution is 5.66. The van der Waals surface area contributed by atoms with E-state index >= 15 is 0 Å². The molecule has 13 heavy (non-hydrogen) atoms. The lowest BCUT2D eigenvalue weighted by Crippen LogP contribution is -1.93. The number of aliphatic carboxylic acids is 1. The van der Waals surface area contributed by atoms with Gasteiger partial charge in [-0.25, -0.2) is 0 Å². The van der Waals surface area contributed by atoms with Gasteiger partial charge in [-0.15, -0.1) is 0 Å². The molecular weight excluding hydrogens is 166 g/mol. The minimum absolute atomic E-state index is 0. The third-order valence-electron chi connectivity index (χ3n) is 1.99. The van der Waals surface area contributed by atoms with Crippen molar-refractivity contribution in [3.05, 3.63) is 0 Å². The van der Waals surface area contributed by atoms with Gasteiger partial charge in [0, 0.05) is 6.42 Å². The molecule has 0 bridgehead atoms. The molecule has 0 spiro atoms. The number of carbonyl (C=O) groups is 1. The second-order valence-corrected chi connectivity index (χ2v) is 3.27. The zero-order chi connectivity index (χ0) is 9.23. The maximum absolute atomic E-state index is 10.1. The Hall–Kier alpha value is -0.570. The minimum atomic E-state index is -0.663. The molecule has 80 valence electrons. The Bertz CT molecular complexity index is 115. The van der Waals surface area contributed by atoms with Crippen molar-refractivity contribution in [2.45, 2.75) is 58.3 Å². The summed E-state index contributed by atoms with van der Waals surface area (Å²) in [5.41, 5.74) is 0. The summed E-state index contributed by atoms with van der Waals surface area (Å²) >= 11 is 0. The van der Waals surface area contributed by atoms with Crippen molar-refractivity contribution in [1.82, 2.24) is 6.15 Å². The van der Waals surface area contributed by atoms with Crippen LogP contribution >= 0.6 is 0 Å². The maximum Gasteiger partial charge on any atom is 0.303 e. The van der Waals surface area contributed by atoms with Crippen LogP contribution in [0.1, 0.15) is 58.3 Å². The van der Waals surface area contributed by atoms with E-state index in [1.807, 2.05) is 0 Å². The van der Waals surface area contributed by atoms with Crippen LogP contribution in [0.2, 0.25) is 0 Å². The van der Waals surface area contributed by atoms with Crippen molar-refractivity contribution in [3.63, 3.8) is 0 Å². The molecule has 0 atom stereocenters. The number of quaternary nitrogens is 1. The summed E-state index contributed by atoms with van der Waals surface area (Å²) in [5.74, 6) is -0.663. The highest BCUT2D eigenvalue weighted by Gasteiger charge is 1.95. The number of unbranched alkanes of at least 4 members (excludes halogenated alkanes) is 6. The van der Waals surface area contributed by atoms with Gasteiger partial charge in [-0.05, 0) is 6.42 Å². The number of rotatable bonds is 8. The first-order valence-corrected chi connectivity index (χ1v) is 4.99. The normalized spacial score (nSPS) is 9.31. The lowest BCUT2D eigenvalue weighted by atomic mass is 10.1. The third-order valence-corrected chi connectivity index (χ3v) is 1.99. The van der Waals surface area contributed by atoms with Gasteiger partial charge in [0.25, 0.3) is 0 Å². The fourth-order valence-electron chi connectivity index (χ4n) is 1.23. The highest BCUT2D eigenvalue weighted by Crippen LogP contribution is 2.07. The third kappa shape index (κ3) is 14.3. The summed E-state index contributed by atoms with van der Waals surface area (Å²) in [6.07, 6.45) is 8.64. The lowest BCUT2D eigenvalue weighted by molar-refractivity contribution is -0.137. The van der Waals surface area contributed by atoms with E-state index in [4.69, 9.17) is 5.11 Å². The van der Waals surface area contributed by atoms with Gasteiger partial charge in [0.15, 0.2) is 0 Å². The molecule has 0 aliphatic rings. The summed E-state index contributed by atoms with van der Waals surface area (Å²) in [4.78, 5) is 10.1. The van der Waals surface area contributed by atoms with Crippen LogP contribution in [0.4, 0.5) is 0 Å². The fraction of sp³-hybridized carbons (Fsp3) is 0.900. The molecule has 3 nitrogen and oxygen atoms in total. The second-order valence-electron chi connectivity index (χ2n) is 3.27. The first-order chi connectivity index (χ1) is 5.77. The summed E-state index contributed by atoms with van der Waals surface area (Å²) in [5, 5.41) is 8.35. The summed E-state index contributed by atoms with van der Waals surface area (Å²) < 4.78 is 0. The van der Waals surface area contributed by atoms with E-state index < -0.39 is 5.97 Å². The van der Waals surface area contributed by atoms with Gasteiger partial charge in [-0.2, -0.15) is 0 Å². The quantitative estimate of drug-likeness (QED) is 0.574. The molecule has 0 aromatic heterocycles. The highest BCUT2D eigenvalue weighted by atomic mass is 16.4. The minimum Gasteiger partial charge on any atom is -0.481 e. The maximum atomic E-state index is 10.1. The molecule has 0 rings (SSSR count). The summed E-state index contributed by atoms with van der Waals surface area (Å²) in [6.45, 7) is 2.20. The summed E-state index contributed by atoms with van der Waals surface area (Å²) in [6, 6.07) is 0. The zero-order valence-electron chi connectivity index (χ0n) is 9.01. The molecule has 5 N–H and O–H groups in total. The fourth-order valence-corrected chi connectivity index (χ4v) is 1.23. The van der Waals surface area contributed by atoms with E-state index in [1.54, 1.807) is 0 Å². The SMILES string of the molecule is CCCCCCCCCC(=O)O.[NH4+]. The van der Waals surface area contributed by atoms with Crippen molar-refractivity contribution in [2.24, 2.45) is 0 Å². The van der Waals surface area contributed by atoms with E-state index in [-0.39, 0.29) is 6.15 Å². The molecule has 0 saturated heterocycles. The standard InChI is InChI=1S/C10H20O2.H3N/c1-2-3-4-5-6-7-8-9-10(11)12;/h2-9H2,1H3,(H,11,12);1H3/p+1. The van der Waals surface area contributed by atoms with Gasteiger partial charge in [0.05, 0.1) is 0 Å². The Morgan fingerprint density at radius 2 is 1.46 bits per heavy atom. The Kier molecular flexibility index (Phi) is 13.1. The van der Waals surface area contributed by atoms with E-state index in [9.17, 15) is 4.79 Å². The molecule has 0 aliphatic heterocycles. The zero-order valence-corrected chi connectivity index (χ0v) is 9.01. The Morgan fingerprint density at radius 1 is 1.00 bits per heavy atom. The predicted octanol–water partition coefficient (Wildman–Crippen LogP) is 3.59. The average Bonchev–Trinajstić information content (AvgIpc) is 2.02. The van der Waals surface area contributed by atoms with E-state index in [0.717, 1.165) is 12.8 Å². The molecular formula is C10H24NO2+. The Balaban J connectivity index is 0. The molecule has 0 amide bonds. The van der Waals surface area contributed by atoms with Gasteiger partial charge >= 0.3 is 5.97 Å². The van der Waals surface area contributed by atoms with Crippen molar-refractivity contribution >= 4 is 5.97 Å². The van der Waals surface area contributed by atoms with Gasteiger partial charge < -0.3 is 11.3 Å². The smallest absolute Gasteiger partial charge is 0.303 e. The Morgan fingerprint density at radius 3 is 1.92 bits per heavy atom. The number of hydrogen-bond acceptors (Lipinski definition) is 1. The van der Waals surface area contributed by atoms with Crippen molar-refractivity contribution in [2.75, 3.05) is 0 Å². The predicted molar refractivity (Wildman–Crippen MR) is 56.2 cm³/mol.